The van der Waals surface area contributed by atoms with Crippen LogP contribution in [0.2, 0.25) is 0 Å². The standard InChI is InChI=1S/C15H21FN2O/c1-11-5-6-13(10-18-11)15(19)17-8-7-12-3-2-4-14(16)9-12/h2-4,9,11,13,18H,5-8,10H2,1H3,(H,17,19). The van der Waals surface area contributed by atoms with Crippen LogP contribution in [0.1, 0.15) is 25.3 Å². The summed E-state index contributed by atoms with van der Waals surface area (Å²) in [5.74, 6) is -0.0474. The van der Waals surface area contributed by atoms with Gasteiger partial charge in [0.15, 0.2) is 0 Å². The fourth-order valence-corrected chi connectivity index (χ4v) is 2.39. The minimum absolute atomic E-state index is 0.0729. The molecule has 0 aliphatic carbocycles. The van der Waals surface area contributed by atoms with Crippen molar-refractivity contribution in [2.45, 2.75) is 32.2 Å². The lowest BCUT2D eigenvalue weighted by Crippen LogP contribution is -2.44. The van der Waals surface area contributed by atoms with Crippen molar-refractivity contribution in [3.8, 4) is 0 Å². The van der Waals surface area contributed by atoms with Crippen molar-refractivity contribution in [1.29, 1.82) is 0 Å². The third kappa shape index (κ3) is 4.31. The number of benzene rings is 1. The number of carbonyl (C=O) groups is 1. The molecule has 1 aromatic carbocycles. The monoisotopic (exact) mass is 264 g/mol. The molecule has 1 amide bonds. The summed E-state index contributed by atoms with van der Waals surface area (Å²) < 4.78 is 13.0. The number of hydrogen-bond donors (Lipinski definition) is 2. The third-order valence-corrected chi connectivity index (χ3v) is 3.63. The van der Waals surface area contributed by atoms with E-state index in [1.165, 1.54) is 12.1 Å². The molecule has 1 aromatic rings. The summed E-state index contributed by atoms with van der Waals surface area (Å²) in [7, 11) is 0. The Morgan fingerprint density at radius 2 is 2.32 bits per heavy atom. The predicted octanol–water partition coefficient (Wildman–Crippen LogP) is 1.87. The van der Waals surface area contributed by atoms with E-state index in [0.717, 1.165) is 24.9 Å². The second kappa shape index (κ2) is 6.66. The molecule has 0 radical (unpaired) electrons. The van der Waals surface area contributed by atoms with E-state index in [1.807, 2.05) is 6.07 Å². The van der Waals surface area contributed by atoms with Gasteiger partial charge in [-0.1, -0.05) is 12.1 Å². The van der Waals surface area contributed by atoms with Crippen molar-refractivity contribution in [1.82, 2.24) is 10.6 Å². The van der Waals surface area contributed by atoms with E-state index in [0.29, 0.717) is 19.0 Å². The lowest BCUT2D eigenvalue weighted by atomic mass is 9.95. The molecule has 0 spiro atoms. The number of nitrogens with one attached hydrogen (secondary N) is 2. The number of rotatable bonds is 4. The average Bonchev–Trinajstić information content (AvgIpc) is 2.39. The molecule has 0 aromatic heterocycles. The second-order valence-corrected chi connectivity index (χ2v) is 5.25. The highest BCUT2D eigenvalue weighted by Gasteiger charge is 2.23. The lowest BCUT2D eigenvalue weighted by Gasteiger charge is -2.26. The summed E-state index contributed by atoms with van der Waals surface area (Å²) in [6.45, 7) is 3.46. The molecule has 3 nitrogen and oxygen atoms in total. The molecule has 4 heteroatoms. The number of piperidine rings is 1. The lowest BCUT2D eigenvalue weighted by molar-refractivity contribution is -0.125. The van der Waals surface area contributed by atoms with Crippen molar-refractivity contribution in [3.63, 3.8) is 0 Å². The van der Waals surface area contributed by atoms with Gasteiger partial charge in [-0.2, -0.15) is 0 Å². The van der Waals surface area contributed by atoms with E-state index in [9.17, 15) is 9.18 Å². The Morgan fingerprint density at radius 3 is 3.00 bits per heavy atom. The summed E-state index contributed by atoms with van der Waals surface area (Å²) >= 11 is 0. The van der Waals surface area contributed by atoms with Crippen LogP contribution in [0.4, 0.5) is 4.39 Å². The first-order valence-corrected chi connectivity index (χ1v) is 6.90. The van der Waals surface area contributed by atoms with Gasteiger partial charge < -0.3 is 10.6 Å². The molecular weight excluding hydrogens is 243 g/mol. The van der Waals surface area contributed by atoms with Crippen LogP contribution in [-0.2, 0) is 11.2 Å². The maximum absolute atomic E-state index is 13.0. The molecule has 2 N–H and O–H groups in total. The average molecular weight is 264 g/mol. The van der Waals surface area contributed by atoms with Crippen LogP contribution in [-0.4, -0.2) is 25.0 Å². The van der Waals surface area contributed by atoms with E-state index in [-0.39, 0.29) is 17.6 Å². The van der Waals surface area contributed by atoms with Gasteiger partial charge in [-0.25, -0.2) is 4.39 Å². The number of hydrogen-bond acceptors (Lipinski definition) is 2. The van der Waals surface area contributed by atoms with Gasteiger partial charge in [0.2, 0.25) is 5.91 Å². The highest BCUT2D eigenvalue weighted by atomic mass is 19.1. The molecule has 1 aliphatic heterocycles. The Kier molecular flexibility index (Phi) is 4.91. The van der Waals surface area contributed by atoms with Gasteiger partial charge in [0.1, 0.15) is 5.82 Å². The van der Waals surface area contributed by atoms with Gasteiger partial charge in [-0.3, -0.25) is 4.79 Å². The van der Waals surface area contributed by atoms with Gasteiger partial charge >= 0.3 is 0 Å². The van der Waals surface area contributed by atoms with E-state index in [1.54, 1.807) is 6.07 Å². The predicted molar refractivity (Wildman–Crippen MR) is 73.3 cm³/mol. The molecule has 2 atom stereocenters. The number of halogens is 1. The normalized spacial score (nSPS) is 23.1. The summed E-state index contributed by atoms with van der Waals surface area (Å²) in [6.07, 6.45) is 2.65. The van der Waals surface area contributed by atoms with Crippen LogP contribution < -0.4 is 10.6 Å². The maximum Gasteiger partial charge on any atom is 0.224 e. The Bertz CT molecular complexity index is 428. The first-order chi connectivity index (χ1) is 9.15. The second-order valence-electron chi connectivity index (χ2n) is 5.25. The van der Waals surface area contributed by atoms with E-state index in [2.05, 4.69) is 17.6 Å². The zero-order valence-electron chi connectivity index (χ0n) is 11.3. The zero-order chi connectivity index (χ0) is 13.7. The van der Waals surface area contributed by atoms with Gasteiger partial charge in [0.05, 0.1) is 5.92 Å². The smallest absolute Gasteiger partial charge is 0.224 e. The quantitative estimate of drug-likeness (QED) is 0.871. The molecule has 104 valence electrons. The largest absolute Gasteiger partial charge is 0.355 e. The minimum atomic E-state index is -0.228. The van der Waals surface area contributed by atoms with Crippen molar-refractivity contribution in [3.05, 3.63) is 35.6 Å². The van der Waals surface area contributed by atoms with Gasteiger partial charge in [-0.05, 0) is 43.9 Å². The van der Waals surface area contributed by atoms with Gasteiger partial charge in [0.25, 0.3) is 0 Å². The topological polar surface area (TPSA) is 41.1 Å². The first-order valence-electron chi connectivity index (χ1n) is 6.90. The van der Waals surface area contributed by atoms with Gasteiger partial charge in [0, 0.05) is 19.1 Å². The molecule has 1 heterocycles. The van der Waals surface area contributed by atoms with E-state index < -0.39 is 0 Å². The molecule has 0 bridgehead atoms. The van der Waals surface area contributed by atoms with Crippen LogP contribution in [0, 0.1) is 11.7 Å². The van der Waals surface area contributed by atoms with E-state index in [4.69, 9.17) is 0 Å². The third-order valence-electron chi connectivity index (χ3n) is 3.63. The van der Waals surface area contributed by atoms with Crippen molar-refractivity contribution in [2.75, 3.05) is 13.1 Å². The Balaban J connectivity index is 1.72. The Labute approximate surface area is 113 Å². The molecular formula is C15H21FN2O. The van der Waals surface area contributed by atoms with Gasteiger partial charge in [-0.15, -0.1) is 0 Å². The van der Waals surface area contributed by atoms with Crippen LogP contribution in [0.5, 0.6) is 0 Å². The Morgan fingerprint density at radius 1 is 1.47 bits per heavy atom. The minimum Gasteiger partial charge on any atom is -0.355 e. The fraction of sp³-hybridized carbons (Fsp3) is 0.533. The van der Waals surface area contributed by atoms with Crippen LogP contribution in [0.25, 0.3) is 0 Å². The molecule has 2 unspecified atom stereocenters. The zero-order valence-corrected chi connectivity index (χ0v) is 11.3. The van der Waals surface area contributed by atoms with Crippen molar-refractivity contribution >= 4 is 5.91 Å². The molecule has 1 fully saturated rings. The summed E-state index contributed by atoms with van der Waals surface area (Å²) in [6, 6.07) is 7.02. The fourth-order valence-electron chi connectivity index (χ4n) is 2.39. The van der Waals surface area contributed by atoms with E-state index >= 15 is 0 Å². The van der Waals surface area contributed by atoms with Crippen LogP contribution >= 0.6 is 0 Å². The summed E-state index contributed by atoms with van der Waals surface area (Å²) in [5, 5.41) is 6.25. The summed E-state index contributed by atoms with van der Waals surface area (Å²) in [5.41, 5.74) is 0.913. The maximum atomic E-state index is 13.0. The molecule has 1 aliphatic rings. The summed E-state index contributed by atoms with van der Waals surface area (Å²) in [4.78, 5) is 11.9. The van der Waals surface area contributed by atoms with Crippen LogP contribution in [0.3, 0.4) is 0 Å². The highest BCUT2D eigenvalue weighted by Crippen LogP contribution is 2.14. The van der Waals surface area contributed by atoms with Crippen molar-refractivity contribution < 1.29 is 9.18 Å². The van der Waals surface area contributed by atoms with Crippen LogP contribution in [0.15, 0.2) is 24.3 Å². The highest BCUT2D eigenvalue weighted by molar-refractivity contribution is 5.79. The Hall–Kier alpha value is -1.42. The van der Waals surface area contributed by atoms with Crippen molar-refractivity contribution in [2.24, 2.45) is 5.92 Å². The SMILES string of the molecule is CC1CCC(C(=O)NCCc2cccc(F)c2)CN1. The number of carbonyl (C=O) groups excluding carboxylic acids is 1. The number of amides is 1. The molecule has 2 rings (SSSR count). The first kappa shape index (κ1) is 14.0. The molecule has 0 saturated carbocycles. The molecule has 1 saturated heterocycles. The molecule has 19 heavy (non-hydrogen) atoms.